The number of nitrogens with zero attached hydrogens (tertiary/aromatic N) is 1. The van der Waals surface area contributed by atoms with Crippen molar-refractivity contribution in [1.29, 1.82) is 0 Å². The van der Waals surface area contributed by atoms with E-state index in [1.165, 1.54) is 51.4 Å². The third-order valence-electron chi connectivity index (χ3n) is 8.98. The number of hydrogen-bond acceptors (Lipinski definition) is 8. The van der Waals surface area contributed by atoms with Gasteiger partial charge in [-0.2, -0.15) is 0 Å². The Morgan fingerprint density at radius 1 is 0.673 bits per heavy atom. The van der Waals surface area contributed by atoms with E-state index in [1.807, 2.05) is 33.3 Å². The second kappa shape index (κ2) is 32.7. The van der Waals surface area contributed by atoms with Gasteiger partial charge in [0.15, 0.2) is 6.10 Å². The third-order valence-corrected chi connectivity index (χ3v) is 9.96. The molecule has 0 aromatic carbocycles. The number of unbranched alkanes of at least 4 members (excludes halogenated alkanes) is 10. The number of phosphoric ester groups is 1. The topological polar surface area (TPSA) is 121 Å². The van der Waals surface area contributed by atoms with E-state index in [4.69, 9.17) is 23.3 Å². The van der Waals surface area contributed by atoms with Gasteiger partial charge in [-0.1, -0.05) is 139 Å². The molecule has 0 spiro atoms. The van der Waals surface area contributed by atoms with E-state index in [0.717, 1.165) is 57.8 Å². The molecule has 1 fully saturated rings. The summed E-state index contributed by atoms with van der Waals surface area (Å²) in [6, 6.07) is 0. The summed E-state index contributed by atoms with van der Waals surface area (Å²) in [6.07, 6.45) is 40.4. The van der Waals surface area contributed by atoms with Gasteiger partial charge in [-0.05, 0) is 51.4 Å². The highest BCUT2D eigenvalue weighted by atomic mass is 31.2. The van der Waals surface area contributed by atoms with E-state index < -0.39 is 32.5 Å². The van der Waals surface area contributed by atoms with Crippen LogP contribution in [0.2, 0.25) is 0 Å². The largest absolute Gasteiger partial charge is 0.472 e. The Kier molecular flexibility index (Phi) is 30.2. The lowest BCUT2D eigenvalue weighted by atomic mass is 10.1. The maximum absolute atomic E-state index is 12.6. The van der Waals surface area contributed by atoms with E-state index in [-0.39, 0.29) is 26.1 Å². The van der Waals surface area contributed by atoms with Gasteiger partial charge in [-0.3, -0.25) is 18.6 Å². The van der Waals surface area contributed by atoms with Crippen molar-refractivity contribution in [3.8, 4) is 0 Å². The monoisotopic (exact) mass is 795 g/mol. The lowest BCUT2D eigenvalue weighted by Gasteiger charge is -2.24. The summed E-state index contributed by atoms with van der Waals surface area (Å²) in [5.41, 5.74) is 0. The minimum atomic E-state index is -4.40. The van der Waals surface area contributed by atoms with Crippen molar-refractivity contribution in [2.75, 3.05) is 47.5 Å². The highest BCUT2D eigenvalue weighted by Crippen LogP contribution is 2.43. The first-order valence-electron chi connectivity index (χ1n) is 21.1. The van der Waals surface area contributed by atoms with Gasteiger partial charge >= 0.3 is 19.8 Å². The Hall–Kier alpha value is -2.33. The van der Waals surface area contributed by atoms with Crippen molar-refractivity contribution >= 4 is 19.8 Å². The SMILES string of the molecule is CC/C=C\CC1OC1C/C=C\C/C=C\C/C=C\C/C=C\CCC(=O)OC(COC(=O)CCCCCCCCCCCCC)COP(=O)(O)OCC[N+](C)(C)C. The molecule has 4 atom stereocenters. The molecule has 1 aliphatic rings. The molecule has 1 aliphatic heterocycles. The molecule has 0 saturated carbocycles. The van der Waals surface area contributed by atoms with Gasteiger partial charge in [-0.15, -0.1) is 0 Å². The number of allylic oxidation sites excluding steroid dienone is 8. The van der Waals surface area contributed by atoms with Crippen LogP contribution in [0.4, 0.5) is 0 Å². The highest BCUT2D eigenvalue weighted by Gasteiger charge is 2.36. The molecule has 1 N–H and O–H groups in total. The van der Waals surface area contributed by atoms with Gasteiger partial charge in [0.1, 0.15) is 19.8 Å². The minimum Gasteiger partial charge on any atom is -0.462 e. The summed E-state index contributed by atoms with van der Waals surface area (Å²) >= 11 is 0. The van der Waals surface area contributed by atoms with Crippen LogP contribution < -0.4 is 0 Å². The fourth-order valence-corrected chi connectivity index (χ4v) is 6.29. The summed E-state index contributed by atoms with van der Waals surface area (Å²) in [6.45, 7) is 4.18. The molecule has 0 aromatic rings. The number of esters is 2. The summed E-state index contributed by atoms with van der Waals surface area (Å²) in [4.78, 5) is 35.2. The Morgan fingerprint density at radius 3 is 1.76 bits per heavy atom. The molecule has 11 heteroatoms. The molecule has 0 amide bonds. The van der Waals surface area contributed by atoms with Crippen molar-refractivity contribution in [1.82, 2.24) is 0 Å². The Balaban J connectivity index is 2.35. The second-order valence-corrected chi connectivity index (χ2v) is 16.8. The van der Waals surface area contributed by atoms with E-state index in [1.54, 1.807) is 0 Å². The molecular weight excluding hydrogens is 717 g/mol. The molecule has 1 heterocycles. The number of epoxide rings is 1. The van der Waals surface area contributed by atoms with Crippen LogP contribution in [-0.2, 0) is 37.4 Å². The maximum atomic E-state index is 12.6. The van der Waals surface area contributed by atoms with Crippen LogP contribution in [0.15, 0.2) is 60.8 Å². The number of ether oxygens (including phenoxy) is 3. The van der Waals surface area contributed by atoms with Gasteiger partial charge in [-0.25, -0.2) is 4.57 Å². The number of quaternary nitrogens is 1. The van der Waals surface area contributed by atoms with Gasteiger partial charge in [0.25, 0.3) is 0 Å². The second-order valence-electron chi connectivity index (χ2n) is 15.4. The van der Waals surface area contributed by atoms with E-state index in [0.29, 0.717) is 29.7 Å². The third kappa shape index (κ3) is 33.5. The van der Waals surface area contributed by atoms with Crippen LogP contribution >= 0.6 is 7.82 Å². The molecule has 4 unspecified atom stereocenters. The summed E-state index contributed by atoms with van der Waals surface area (Å²) in [5, 5.41) is 0. The molecule has 1 rings (SSSR count). The zero-order chi connectivity index (χ0) is 40.5. The Morgan fingerprint density at radius 2 is 1.20 bits per heavy atom. The predicted molar refractivity (Wildman–Crippen MR) is 224 cm³/mol. The average molecular weight is 795 g/mol. The first-order chi connectivity index (χ1) is 26.5. The van der Waals surface area contributed by atoms with Crippen LogP contribution in [0, 0.1) is 0 Å². The zero-order valence-corrected chi connectivity index (χ0v) is 36.0. The lowest BCUT2D eigenvalue weighted by molar-refractivity contribution is -0.870. The van der Waals surface area contributed by atoms with Crippen LogP contribution in [0.3, 0.4) is 0 Å². The maximum Gasteiger partial charge on any atom is 0.472 e. The first-order valence-corrected chi connectivity index (χ1v) is 22.6. The smallest absolute Gasteiger partial charge is 0.462 e. The standard InChI is InChI=1S/C44H76NO9P/c1-6-8-10-11-12-13-16-20-23-26-30-34-43(46)50-38-40(39-52-55(48,49)51-37-36-45(3,4)5)53-44(47)35-31-27-24-21-18-15-14-17-19-22-25-29-33-42-41(54-42)32-28-9-7-2/h9,15,17-19,24-25,27-29,40-42H,6-8,10-14,16,20-23,26,30-39H2,1-5H3/p+1/b18-15-,19-17-,27-24-,28-9-,29-25-. The van der Waals surface area contributed by atoms with Crippen LogP contribution in [0.5, 0.6) is 0 Å². The molecule has 0 bridgehead atoms. The number of carbonyl (C=O) groups is 2. The lowest BCUT2D eigenvalue weighted by Crippen LogP contribution is -2.37. The van der Waals surface area contributed by atoms with Gasteiger partial charge < -0.3 is 23.6 Å². The molecule has 0 aromatic heterocycles. The van der Waals surface area contributed by atoms with E-state index in [2.05, 4.69) is 62.5 Å². The molecule has 0 radical (unpaired) electrons. The fourth-order valence-electron chi connectivity index (χ4n) is 5.55. The predicted octanol–water partition coefficient (Wildman–Crippen LogP) is 10.7. The van der Waals surface area contributed by atoms with Crippen LogP contribution in [0.25, 0.3) is 0 Å². The van der Waals surface area contributed by atoms with Crippen molar-refractivity contribution in [2.24, 2.45) is 0 Å². The number of hydrogen-bond donors (Lipinski definition) is 1. The number of carbonyl (C=O) groups excluding carboxylic acids is 2. The zero-order valence-electron chi connectivity index (χ0n) is 35.1. The van der Waals surface area contributed by atoms with Crippen molar-refractivity contribution in [2.45, 2.75) is 161 Å². The van der Waals surface area contributed by atoms with Gasteiger partial charge in [0, 0.05) is 12.8 Å². The summed E-state index contributed by atoms with van der Waals surface area (Å²) < 4.78 is 39.8. The molecule has 1 saturated heterocycles. The van der Waals surface area contributed by atoms with Crippen molar-refractivity contribution in [3.63, 3.8) is 0 Å². The minimum absolute atomic E-state index is 0.0145. The van der Waals surface area contributed by atoms with Crippen molar-refractivity contribution in [3.05, 3.63) is 60.8 Å². The van der Waals surface area contributed by atoms with E-state index in [9.17, 15) is 19.0 Å². The molecule has 316 valence electrons. The molecule has 10 nitrogen and oxygen atoms in total. The van der Waals surface area contributed by atoms with Crippen molar-refractivity contribution < 1.29 is 46.8 Å². The number of likely N-dealkylation sites (N-methyl/N-ethyl adjacent to an activating group) is 1. The highest BCUT2D eigenvalue weighted by molar-refractivity contribution is 7.47. The Bertz CT molecular complexity index is 1190. The molecule has 55 heavy (non-hydrogen) atoms. The fraction of sp³-hybridized carbons (Fsp3) is 0.727. The van der Waals surface area contributed by atoms with Crippen LogP contribution in [0.1, 0.15) is 142 Å². The molecular formula is C44H77NO9P+. The van der Waals surface area contributed by atoms with Gasteiger partial charge in [0.05, 0.1) is 40.0 Å². The van der Waals surface area contributed by atoms with E-state index >= 15 is 0 Å². The van der Waals surface area contributed by atoms with Crippen LogP contribution in [-0.4, -0.2) is 87.1 Å². The summed E-state index contributed by atoms with van der Waals surface area (Å²) in [5.74, 6) is -0.905. The van der Waals surface area contributed by atoms with Gasteiger partial charge in [0.2, 0.25) is 0 Å². The number of phosphoric acid groups is 1. The first kappa shape index (κ1) is 50.7. The summed E-state index contributed by atoms with van der Waals surface area (Å²) in [7, 11) is 1.42. The average Bonchev–Trinajstić information content (AvgIpc) is 3.89. The quantitative estimate of drug-likeness (QED) is 0.0165. The molecule has 0 aliphatic carbocycles. The Labute approximate surface area is 334 Å². The number of rotatable bonds is 36. The normalized spacial score (nSPS) is 17.9.